The molecule has 0 aromatic carbocycles. The first-order chi connectivity index (χ1) is 15.0. The molecule has 0 saturated heterocycles. The van der Waals surface area contributed by atoms with Gasteiger partial charge in [0.1, 0.15) is 11.7 Å². The van der Waals surface area contributed by atoms with Crippen molar-refractivity contribution in [3.63, 3.8) is 0 Å². The lowest BCUT2D eigenvalue weighted by molar-refractivity contribution is 0.0504. The Morgan fingerprint density at radius 3 is 2.78 bits per heavy atom. The van der Waals surface area contributed by atoms with Crippen LogP contribution in [0, 0.1) is 13.8 Å². The van der Waals surface area contributed by atoms with Crippen LogP contribution in [0.15, 0.2) is 12.6 Å². The lowest BCUT2D eigenvalue weighted by Gasteiger charge is -2.21. The molecule has 0 fully saturated rings. The quantitative estimate of drug-likeness (QED) is 0.300. The number of hydrogen-bond donors (Lipinski definition) is 2. The molecule has 0 saturated carbocycles. The summed E-state index contributed by atoms with van der Waals surface area (Å²) < 4.78 is 13.3. The molecule has 1 amide bonds. The maximum absolute atomic E-state index is 11.9. The van der Waals surface area contributed by atoms with Gasteiger partial charge in [0.25, 0.3) is 0 Å². The number of ether oxygens (including phenoxy) is 2. The number of aryl methyl sites for hydroxylation is 2. The number of carbonyl (C=O) groups is 1. The third-order valence-electron chi connectivity index (χ3n) is 4.55. The second-order valence-electron chi connectivity index (χ2n) is 8.41. The molecular weight excluding hydrogens is 542 g/mol. The average Bonchev–Trinajstić information content (AvgIpc) is 3.25. The number of carbonyl (C=O) groups excluding carboxylic acids is 1. The van der Waals surface area contributed by atoms with Crippen LogP contribution < -0.4 is 10.1 Å². The van der Waals surface area contributed by atoms with Crippen LogP contribution in [-0.2, 0) is 4.74 Å². The molecule has 172 valence electrons. The van der Waals surface area contributed by atoms with E-state index in [-0.39, 0.29) is 12.6 Å². The molecule has 3 heterocycles. The summed E-state index contributed by atoms with van der Waals surface area (Å²) in [5, 5.41) is 15.6. The fraction of sp³-hybridized carbons (Fsp3) is 0.429. The molecule has 2 unspecified atom stereocenters. The highest BCUT2D eigenvalue weighted by Gasteiger charge is 2.22. The maximum atomic E-state index is 11.9. The molecular formula is C21H28IN6O3P. The number of aromatic nitrogens is 5. The van der Waals surface area contributed by atoms with Gasteiger partial charge < -0.3 is 14.8 Å². The van der Waals surface area contributed by atoms with Crippen LogP contribution in [0.3, 0.4) is 0 Å². The van der Waals surface area contributed by atoms with E-state index in [1.54, 1.807) is 6.08 Å². The molecule has 0 bridgehead atoms. The van der Waals surface area contributed by atoms with Crippen LogP contribution in [0.4, 0.5) is 4.79 Å². The molecule has 2 atom stereocenters. The Labute approximate surface area is 202 Å². The van der Waals surface area contributed by atoms with E-state index in [9.17, 15) is 4.79 Å². The van der Waals surface area contributed by atoms with Crippen molar-refractivity contribution in [1.82, 2.24) is 30.0 Å². The van der Waals surface area contributed by atoms with Crippen molar-refractivity contribution in [2.24, 2.45) is 0 Å². The zero-order valence-electron chi connectivity index (χ0n) is 19.0. The number of alkyl carbamates (subject to hydrolysis) is 1. The zero-order valence-corrected chi connectivity index (χ0v) is 22.2. The smallest absolute Gasteiger partial charge is 0.407 e. The first kappa shape index (κ1) is 24.4. The highest BCUT2D eigenvalue weighted by atomic mass is 127. The standard InChI is InChI=1S/C21H28IN6O3P/c1-8-15-14-9-16(24-13(4)18(14)28(27-15)32-22)17-12(3)25-26-19(17)30-11(2)10-23-20(29)31-21(5,6)7/h8-9,11,32H,1,10H2,2-7H3,(H,23,29)(H,25,26). The molecule has 0 aliphatic carbocycles. The van der Waals surface area contributed by atoms with Gasteiger partial charge in [-0.3, -0.25) is 10.1 Å². The highest BCUT2D eigenvalue weighted by molar-refractivity contribution is 14.2. The Kier molecular flexibility index (Phi) is 7.44. The van der Waals surface area contributed by atoms with E-state index in [2.05, 4.69) is 49.2 Å². The predicted molar refractivity (Wildman–Crippen MR) is 137 cm³/mol. The van der Waals surface area contributed by atoms with Gasteiger partial charge in [-0.05, 0) is 75.7 Å². The van der Waals surface area contributed by atoms with E-state index in [1.165, 1.54) is 0 Å². The molecule has 11 heteroatoms. The Bertz CT molecular complexity index is 1150. The SMILES string of the molecule is C=Cc1nn(PI)c2c(C)nc(-c3c(OC(C)CNC(=O)OC(C)(C)C)n[nH]c3C)cc12. The summed E-state index contributed by atoms with van der Waals surface area (Å²) >= 11 is 2.30. The van der Waals surface area contributed by atoms with E-state index in [0.29, 0.717) is 12.3 Å². The summed E-state index contributed by atoms with van der Waals surface area (Å²) in [6.45, 7) is 15.4. The Morgan fingerprint density at radius 2 is 2.16 bits per heavy atom. The summed E-state index contributed by atoms with van der Waals surface area (Å²) in [4.78, 5) is 16.7. The van der Waals surface area contributed by atoms with E-state index in [4.69, 9.17) is 14.5 Å². The number of amides is 1. The normalized spacial score (nSPS) is 13.0. The van der Waals surface area contributed by atoms with Gasteiger partial charge in [-0.2, -0.15) is 5.10 Å². The van der Waals surface area contributed by atoms with Crippen LogP contribution in [0.1, 0.15) is 44.8 Å². The first-order valence-corrected chi connectivity index (χ1v) is 14.2. The number of halogens is 1. The molecule has 0 radical (unpaired) electrons. The number of rotatable bonds is 7. The molecule has 0 spiro atoms. The molecule has 0 aliphatic heterocycles. The number of hydrogen-bond acceptors (Lipinski definition) is 6. The van der Waals surface area contributed by atoms with Gasteiger partial charge in [0.2, 0.25) is 5.88 Å². The van der Waals surface area contributed by atoms with Crippen LogP contribution >= 0.6 is 28.4 Å². The predicted octanol–water partition coefficient (Wildman–Crippen LogP) is 5.16. The molecule has 3 rings (SSSR count). The molecule has 3 aromatic rings. The lowest BCUT2D eigenvalue weighted by Crippen LogP contribution is -2.37. The lowest BCUT2D eigenvalue weighted by atomic mass is 10.1. The van der Waals surface area contributed by atoms with Crippen molar-refractivity contribution in [2.45, 2.75) is 53.2 Å². The maximum Gasteiger partial charge on any atom is 0.407 e. The van der Waals surface area contributed by atoms with E-state index >= 15 is 0 Å². The summed E-state index contributed by atoms with van der Waals surface area (Å²) in [6, 6.07) is 1.99. The molecule has 3 aromatic heterocycles. The number of pyridine rings is 1. The van der Waals surface area contributed by atoms with Crippen molar-refractivity contribution >= 4 is 51.5 Å². The fourth-order valence-corrected chi connectivity index (χ4v) is 4.81. The second kappa shape index (κ2) is 9.74. The van der Waals surface area contributed by atoms with Crippen molar-refractivity contribution in [1.29, 1.82) is 0 Å². The van der Waals surface area contributed by atoms with E-state index in [0.717, 1.165) is 39.2 Å². The largest absolute Gasteiger partial charge is 0.471 e. The third-order valence-corrected chi connectivity index (χ3v) is 6.41. The Morgan fingerprint density at radius 1 is 1.44 bits per heavy atom. The van der Waals surface area contributed by atoms with Gasteiger partial charge in [0.15, 0.2) is 0 Å². The van der Waals surface area contributed by atoms with Gasteiger partial charge in [-0.25, -0.2) is 9.25 Å². The number of nitrogens with zero attached hydrogens (tertiary/aromatic N) is 4. The zero-order chi connectivity index (χ0) is 23.6. The van der Waals surface area contributed by atoms with Crippen LogP contribution in [0.2, 0.25) is 0 Å². The third kappa shape index (κ3) is 5.40. The minimum absolute atomic E-state index is 0.274. The topological polar surface area (TPSA) is 107 Å². The van der Waals surface area contributed by atoms with Gasteiger partial charge in [0.05, 0.1) is 41.1 Å². The fourth-order valence-electron chi connectivity index (χ4n) is 3.25. The summed E-state index contributed by atoms with van der Waals surface area (Å²) in [5.74, 6) is 0.426. The molecule has 0 aliphatic rings. The second-order valence-corrected chi connectivity index (χ2v) is 10.5. The Balaban J connectivity index is 1.87. The monoisotopic (exact) mass is 570 g/mol. The van der Waals surface area contributed by atoms with Crippen LogP contribution in [0.5, 0.6) is 5.88 Å². The molecule has 9 nitrogen and oxygen atoms in total. The van der Waals surface area contributed by atoms with Gasteiger partial charge in [-0.15, -0.1) is 5.10 Å². The number of H-pyrrole nitrogens is 1. The van der Waals surface area contributed by atoms with E-state index < -0.39 is 11.7 Å². The molecule has 2 N–H and O–H groups in total. The summed E-state index contributed by atoms with van der Waals surface area (Å²) in [6.07, 6.45) is 1.39. The number of fused-ring (bicyclic) bond motifs is 1. The van der Waals surface area contributed by atoms with Gasteiger partial charge in [0, 0.05) is 11.1 Å². The van der Waals surface area contributed by atoms with Crippen molar-refractivity contribution < 1.29 is 14.3 Å². The summed E-state index contributed by atoms with van der Waals surface area (Å²) in [5.41, 5.74) is 4.47. The van der Waals surface area contributed by atoms with Crippen LogP contribution in [-0.4, -0.2) is 49.1 Å². The highest BCUT2D eigenvalue weighted by Crippen LogP contribution is 2.37. The van der Waals surface area contributed by atoms with Crippen molar-refractivity contribution in [3.8, 4) is 17.1 Å². The van der Waals surface area contributed by atoms with Crippen molar-refractivity contribution in [3.05, 3.63) is 29.7 Å². The first-order valence-electron chi connectivity index (χ1n) is 10.1. The molecule has 32 heavy (non-hydrogen) atoms. The minimum Gasteiger partial charge on any atom is -0.471 e. The summed E-state index contributed by atoms with van der Waals surface area (Å²) in [7, 11) is 0. The number of aromatic amines is 1. The van der Waals surface area contributed by atoms with Gasteiger partial charge in [-0.1, -0.05) is 6.58 Å². The minimum atomic E-state index is -0.557. The van der Waals surface area contributed by atoms with Crippen molar-refractivity contribution in [2.75, 3.05) is 6.54 Å². The number of nitrogens with one attached hydrogen (secondary N) is 2. The van der Waals surface area contributed by atoms with Crippen LogP contribution in [0.25, 0.3) is 28.2 Å². The Hall–Kier alpha value is -2.20. The van der Waals surface area contributed by atoms with E-state index in [1.807, 2.05) is 52.1 Å². The van der Waals surface area contributed by atoms with Gasteiger partial charge >= 0.3 is 6.09 Å². The average molecular weight is 570 g/mol.